The fourth-order valence-electron chi connectivity index (χ4n) is 1.50. The van der Waals surface area contributed by atoms with Crippen LogP contribution in [0.5, 0.6) is 5.75 Å². The normalized spacial score (nSPS) is 10.0. The quantitative estimate of drug-likeness (QED) is 0.812. The van der Waals surface area contributed by atoms with Crippen LogP contribution >= 0.6 is 27.5 Å². The number of ether oxygens (including phenoxy) is 1. The molecule has 0 amide bonds. The van der Waals surface area contributed by atoms with Crippen LogP contribution in [0.15, 0.2) is 40.9 Å². The Morgan fingerprint density at radius 2 is 2.11 bits per heavy atom. The van der Waals surface area contributed by atoms with Crippen molar-refractivity contribution in [3.63, 3.8) is 0 Å². The van der Waals surface area contributed by atoms with E-state index in [4.69, 9.17) is 21.6 Å². The first-order valence-electron chi connectivity index (χ1n) is 5.37. The van der Waals surface area contributed by atoms with E-state index in [0.717, 1.165) is 0 Å². The van der Waals surface area contributed by atoms with Gasteiger partial charge in [-0.2, -0.15) is 5.26 Å². The van der Waals surface area contributed by atoms with Gasteiger partial charge in [-0.05, 0) is 40.2 Å². The molecule has 0 saturated heterocycles. The van der Waals surface area contributed by atoms with Crippen molar-refractivity contribution in [3.05, 3.63) is 62.8 Å². The average molecular weight is 341 g/mol. The lowest BCUT2D eigenvalue weighted by Crippen LogP contribution is -1.98. The largest absolute Gasteiger partial charge is 0.487 e. The Balaban J connectivity index is 2.15. The molecule has 19 heavy (non-hydrogen) atoms. The van der Waals surface area contributed by atoms with E-state index >= 15 is 0 Å². The highest BCUT2D eigenvalue weighted by Crippen LogP contribution is 2.27. The summed E-state index contributed by atoms with van der Waals surface area (Å²) in [7, 11) is 0. The molecule has 0 aliphatic carbocycles. The molecule has 2 aromatic rings. The van der Waals surface area contributed by atoms with E-state index in [1.807, 2.05) is 6.07 Å². The van der Waals surface area contributed by atoms with E-state index in [2.05, 4.69) is 15.9 Å². The molecular weight excluding hydrogens is 333 g/mol. The topological polar surface area (TPSA) is 33.0 Å². The van der Waals surface area contributed by atoms with E-state index in [9.17, 15) is 4.39 Å². The predicted octanol–water partition coefficient (Wildman–Crippen LogP) is 4.69. The molecular formula is C14H8BrClFNO. The first-order valence-corrected chi connectivity index (χ1v) is 6.54. The van der Waals surface area contributed by atoms with Gasteiger partial charge in [0.25, 0.3) is 0 Å². The molecule has 0 unspecified atom stereocenters. The van der Waals surface area contributed by atoms with Crippen LogP contribution in [0.3, 0.4) is 0 Å². The van der Waals surface area contributed by atoms with Crippen LogP contribution in [-0.2, 0) is 6.61 Å². The van der Waals surface area contributed by atoms with Crippen LogP contribution in [0, 0.1) is 17.1 Å². The van der Waals surface area contributed by atoms with Crippen LogP contribution in [0.4, 0.5) is 4.39 Å². The van der Waals surface area contributed by atoms with Crippen LogP contribution in [0.1, 0.15) is 11.1 Å². The summed E-state index contributed by atoms with van der Waals surface area (Å²) in [5.41, 5.74) is 1.14. The molecule has 0 saturated carbocycles. The fourth-order valence-corrected chi connectivity index (χ4v) is 2.12. The van der Waals surface area contributed by atoms with Gasteiger partial charge in [-0.3, -0.25) is 0 Å². The molecule has 0 bridgehead atoms. The summed E-state index contributed by atoms with van der Waals surface area (Å²) < 4.78 is 19.2. The van der Waals surface area contributed by atoms with Gasteiger partial charge >= 0.3 is 0 Å². The second kappa shape index (κ2) is 6.05. The molecule has 2 nitrogen and oxygen atoms in total. The number of halogens is 3. The molecule has 0 aromatic heterocycles. The second-order valence-corrected chi connectivity index (χ2v) is 4.96. The summed E-state index contributed by atoms with van der Waals surface area (Å²) in [6, 6.07) is 11.5. The molecule has 0 atom stereocenters. The summed E-state index contributed by atoms with van der Waals surface area (Å²) in [4.78, 5) is 0. The molecule has 0 heterocycles. The number of nitrogens with zero attached hydrogens (tertiary/aromatic N) is 1. The van der Waals surface area contributed by atoms with Gasteiger partial charge in [-0.25, -0.2) is 4.39 Å². The Hall–Kier alpha value is -1.57. The van der Waals surface area contributed by atoms with Gasteiger partial charge in [0.15, 0.2) is 0 Å². The Labute approximate surface area is 123 Å². The number of nitriles is 1. The Bertz CT molecular complexity index is 654. The molecule has 2 rings (SSSR count). The summed E-state index contributed by atoms with van der Waals surface area (Å²) >= 11 is 9.15. The van der Waals surface area contributed by atoms with Gasteiger partial charge in [-0.15, -0.1) is 0 Å². The van der Waals surface area contributed by atoms with E-state index in [0.29, 0.717) is 26.4 Å². The molecule has 96 valence electrons. The van der Waals surface area contributed by atoms with Crippen molar-refractivity contribution in [1.82, 2.24) is 0 Å². The van der Waals surface area contributed by atoms with Crippen LogP contribution in [-0.4, -0.2) is 0 Å². The zero-order valence-corrected chi connectivity index (χ0v) is 12.0. The van der Waals surface area contributed by atoms with Crippen molar-refractivity contribution in [2.45, 2.75) is 6.61 Å². The minimum atomic E-state index is -0.341. The zero-order valence-electron chi connectivity index (χ0n) is 9.66. The Kier molecular flexibility index (Phi) is 4.41. The first-order chi connectivity index (χ1) is 9.11. The number of benzene rings is 2. The lowest BCUT2D eigenvalue weighted by molar-refractivity contribution is 0.305. The molecule has 0 aliphatic heterocycles. The molecule has 0 radical (unpaired) electrons. The van der Waals surface area contributed by atoms with E-state index in [-0.39, 0.29) is 12.4 Å². The first kappa shape index (κ1) is 13.9. The highest BCUT2D eigenvalue weighted by Gasteiger charge is 2.08. The van der Waals surface area contributed by atoms with E-state index < -0.39 is 0 Å². The van der Waals surface area contributed by atoms with Gasteiger partial charge < -0.3 is 4.74 Å². The van der Waals surface area contributed by atoms with Gasteiger partial charge in [0.1, 0.15) is 18.2 Å². The van der Waals surface area contributed by atoms with Gasteiger partial charge in [0.05, 0.1) is 21.1 Å². The van der Waals surface area contributed by atoms with Crippen molar-refractivity contribution in [2.75, 3.05) is 0 Å². The smallest absolute Gasteiger partial charge is 0.138 e. The maximum atomic E-state index is 13.3. The third-order valence-corrected chi connectivity index (χ3v) is 3.66. The van der Waals surface area contributed by atoms with Gasteiger partial charge in [-0.1, -0.05) is 23.7 Å². The van der Waals surface area contributed by atoms with Crippen molar-refractivity contribution in [2.24, 2.45) is 0 Å². The van der Waals surface area contributed by atoms with Gasteiger partial charge in [0, 0.05) is 5.56 Å². The lowest BCUT2D eigenvalue weighted by Gasteiger charge is -2.09. The van der Waals surface area contributed by atoms with Crippen LogP contribution < -0.4 is 4.74 Å². The summed E-state index contributed by atoms with van der Waals surface area (Å²) in [6.45, 7) is 0.184. The summed E-state index contributed by atoms with van der Waals surface area (Å²) in [5.74, 6) is 0.115. The van der Waals surface area contributed by atoms with Crippen molar-refractivity contribution >= 4 is 27.5 Å². The van der Waals surface area contributed by atoms with Crippen LogP contribution in [0.25, 0.3) is 0 Å². The van der Waals surface area contributed by atoms with Crippen molar-refractivity contribution < 1.29 is 9.13 Å². The highest BCUT2D eigenvalue weighted by atomic mass is 79.9. The zero-order chi connectivity index (χ0) is 13.8. The molecule has 2 aromatic carbocycles. The standard InChI is InChI=1S/C14H8BrClFNO/c15-14-10(2-1-3-12(14)17)8-19-13-5-4-9(7-18)6-11(13)16/h1-6H,8H2. The molecule has 0 aliphatic rings. The highest BCUT2D eigenvalue weighted by molar-refractivity contribution is 9.10. The Morgan fingerprint density at radius 1 is 1.32 bits per heavy atom. The van der Waals surface area contributed by atoms with Crippen molar-refractivity contribution in [3.8, 4) is 11.8 Å². The van der Waals surface area contributed by atoms with Gasteiger partial charge in [0.2, 0.25) is 0 Å². The number of hydrogen-bond acceptors (Lipinski definition) is 2. The number of rotatable bonds is 3. The number of hydrogen-bond donors (Lipinski definition) is 0. The summed E-state index contributed by atoms with van der Waals surface area (Å²) in [5, 5.41) is 9.08. The SMILES string of the molecule is N#Cc1ccc(OCc2cccc(F)c2Br)c(Cl)c1. The predicted molar refractivity (Wildman–Crippen MR) is 74.6 cm³/mol. The lowest BCUT2D eigenvalue weighted by atomic mass is 10.2. The van der Waals surface area contributed by atoms with Crippen molar-refractivity contribution in [1.29, 1.82) is 5.26 Å². The maximum Gasteiger partial charge on any atom is 0.138 e. The molecule has 0 spiro atoms. The summed E-state index contributed by atoms with van der Waals surface area (Å²) in [6.07, 6.45) is 0. The minimum absolute atomic E-state index is 0.184. The molecule has 0 N–H and O–H groups in total. The monoisotopic (exact) mass is 339 g/mol. The average Bonchev–Trinajstić information content (AvgIpc) is 2.41. The van der Waals surface area contributed by atoms with E-state index in [1.165, 1.54) is 12.1 Å². The third kappa shape index (κ3) is 3.25. The minimum Gasteiger partial charge on any atom is -0.487 e. The van der Waals surface area contributed by atoms with E-state index in [1.54, 1.807) is 24.3 Å². The third-order valence-electron chi connectivity index (χ3n) is 2.48. The maximum absolute atomic E-state index is 13.3. The molecule has 0 fully saturated rings. The Morgan fingerprint density at radius 3 is 2.79 bits per heavy atom. The van der Waals surface area contributed by atoms with Crippen LogP contribution in [0.2, 0.25) is 5.02 Å². The molecule has 5 heteroatoms. The fraction of sp³-hybridized carbons (Fsp3) is 0.0714. The second-order valence-electron chi connectivity index (χ2n) is 3.76.